The molecule has 0 aliphatic heterocycles. The Labute approximate surface area is 133 Å². The molecule has 2 heteroatoms. The highest BCUT2D eigenvalue weighted by molar-refractivity contribution is 6.02. The van der Waals surface area contributed by atoms with E-state index in [-0.39, 0.29) is 5.78 Å². The number of aryl methyl sites for hydroxylation is 2. The van der Waals surface area contributed by atoms with Gasteiger partial charge in [-0.15, -0.1) is 0 Å². The fourth-order valence-electron chi connectivity index (χ4n) is 3.00. The summed E-state index contributed by atoms with van der Waals surface area (Å²) in [6.45, 7) is 5.74. The highest BCUT2D eigenvalue weighted by Gasteiger charge is 2.21. The van der Waals surface area contributed by atoms with Crippen molar-refractivity contribution in [3.63, 3.8) is 0 Å². The van der Waals surface area contributed by atoms with Crippen molar-refractivity contribution >= 4 is 5.78 Å². The number of carbonyl (C=O) groups is 1. The largest absolute Gasteiger partial charge is 0.465 e. The van der Waals surface area contributed by atoms with Crippen molar-refractivity contribution in [2.24, 2.45) is 0 Å². The summed E-state index contributed by atoms with van der Waals surface area (Å²) in [5.74, 6) is 1.79. The Hall–Kier alpha value is -1.83. The van der Waals surface area contributed by atoms with Gasteiger partial charge in [0.05, 0.1) is 5.56 Å². The molecule has 1 heterocycles. The molecule has 0 saturated heterocycles. The molecule has 0 atom stereocenters. The number of hydrogen-bond acceptors (Lipinski definition) is 2. The molecule has 0 unspecified atom stereocenters. The maximum atomic E-state index is 12.0. The van der Waals surface area contributed by atoms with Crippen LogP contribution in [0.25, 0.3) is 11.1 Å². The van der Waals surface area contributed by atoms with Gasteiger partial charge in [-0.2, -0.15) is 0 Å². The predicted molar refractivity (Wildman–Crippen MR) is 91.3 cm³/mol. The van der Waals surface area contributed by atoms with E-state index in [0.29, 0.717) is 0 Å². The Bertz CT molecular complexity index is 608. The van der Waals surface area contributed by atoms with Crippen LogP contribution >= 0.6 is 0 Å². The van der Waals surface area contributed by atoms with E-state index in [1.165, 1.54) is 25.7 Å². The summed E-state index contributed by atoms with van der Waals surface area (Å²) in [4.78, 5) is 12.0. The lowest BCUT2D eigenvalue weighted by molar-refractivity contribution is 0.101. The van der Waals surface area contributed by atoms with Gasteiger partial charge in [-0.05, 0) is 25.8 Å². The molecular weight excluding hydrogens is 272 g/mol. The fourth-order valence-corrected chi connectivity index (χ4v) is 3.00. The molecule has 0 aliphatic carbocycles. The SMILES string of the molecule is CCCCCCCc1oc(C)c(C(C)=O)c1-c1ccccc1. The van der Waals surface area contributed by atoms with E-state index < -0.39 is 0 Å². The lowest BCUT2D eigenvalue weighted by Gasteiger charge is -2.05. The van der Waals surface area contributed by atoms with Crippen LogP contribution in [0, 0.1) is 6.92 Å². The van der Waals surface area contributed by atoms with Crippen LogP contribution in [0.2, 0.25) is 0 Å². The molecule has 22 heavy (non-hydrogen) atoms. The van der Waals surface area contributed by atoms with Crippen LogP contribution in [0.15, 0.2) is 34.7 Å². The third-order valence-corrected chi connectivity index (χ3v) is 4.08. The summed E-state index contributed by atoms with van der Waals surface area (Å²) in [5, 5.41) is 0. The molecular formula is C20H26O2. The van der Waals surface area contributed by atoms with Gasteiger partial charge in [0.1, 0.15) is 11.5 Å². The van der Waals surface area contributed by atoms with Gasteiger partial charge in [0, 0.05) is 12.0 Å². The summed E-state index contributed by atoms with van der Waals surface area (Å²) in [5.41, 5.74) is 2.82. The third-order valence-electron chi connectivity index (χ3n) is 4.08. The monoisotopic (exact) mass is 298 g/mol. The lowest BCUT2D eigenvalue weighted by Crippen LogP contribution is -1.96. The van der Waals surface area contributed by atoms with E-state index in [1.807, 2.05) is 25.1 Å². The van der Waals surface area contributed by atoms with E-state index in [0.717, 1.165) is 41.1 Å². The highest BCUT2D eigenvalue weighted by atomic mass is 16.3. The van der Waals surface area contributed by atoms with Crippen LogP contribution in [0.3, 0.4) is 0 Å². The van der Waals surface area contributed by atoms with Crippen LogP contribution in [0.4, 0.5) is 0 Å². The minimum Gasteiger partial charge on any atom is -0.465 e. The first-order valence-corrected chi connectivity index (χ1v) is 8.33. The number of Topliss-reactive ketones (excluding diaryl/α,β-unsaturated/α-hetero) is 1. The van der Waals surface area contributed by atoms with Crippen LogP contribution in [-0.4, -0.2) is 5.78 Å². The molecule has 0 N–H and O–H groups in total. The number of furan rings is 1. The maximum absolute atomic E-state index is 12.0. The van der Waals surface area contributed by atoms with Crippen molar-refractivity contribution in [3.05, 3.63) is 47.4 Å². The smallest absolute Gasteiger partial charge is 0.163 e. The van der Waals surface area contributed by atoms with E-state index >= 15 is 0 Å². The molecule has 0 fully saturated rings. The van der Waals surface area contributed by atoms with E-state index in [9.17, 15) is 4.79 Å². The molecule has 0 bridgehead atoms. The van der Waals surface area contributed by atoms with Gasteiger partial charge in [0.2, 0.25) is 0 Å². The van der Waals surface area contributed by atoms with Gasteiger partial charge < -0.3 is 4.42 Å². The Morgan fingerprint density at radius 1 is 1.05 bits per heavy atom. The van der Waals surface area contributed by atoms with Gasteiger partial charge in [0.15, 0.2) is 5.78 Å². The average molecular weight is 298 g/mol. The van der Waals surface area contributed by atoms with Crippen molar-refractivity contribution in [1.29, 1.82) is 0 Å². The maximum Gasteiger partial charge on any atom is 0.163 e. The Balaban J connectivity index is 2.26. The lowest BCUT2D eigenvalue weighted by atomic mass is 9.96. The minimum atomic E-state index is 0.0809. The second-order valence-electron chi connectivity index (χ2n) is 5.92. The van der Waals surface area contributed by atoms with Gasteiger partial charge >= 0.3 is 0 Å². The van der Waals surface area contributed by atoms with E-state index in [2.05, 4.69) is 19.1 Å². The quantitative estimate of drug-likeness (QED) is 0.444. The molecule has 0 spiro atoms. The number of benzene rings is 1. The standard InChI is InChI=1S/C20H26O2/c1-4-5-6-7-11-14-18-20(17-12-9-8-10-13-17)19(15(2)21)16(3)22-18/h8-10,12-13H,4-7,11,14H2,1-3H3. The summed E-state index contributed by atoms with van der Waals surface area (Å²) < 4.78 is 5.95. The van der Waals surface area contributed by atoms with Crippen molar-refractivity contribution in [1.82, 2.24) is 0 Å². The third kappa shape index (κ3) is 3.88. The van der Waals surface area contributed by atoms with Crippen molar-refractivity contribution < 1.29 is 9.21 Å². The molecule has 0 amide bonds. The summed E-state index contributed by atoms with van der Waals surface area (Å²) in [7, 11) is 0. The van der Waals surface area contributed by atoms with Gasteiger partial charge in [-0.25, -0.2) is 0 Å². The van der Waals surface area contributed by atoms with Crippen molar-refractivity contribution in [3.8, 4) is 11.1 Å². The molecule has 0 aliphatic rings. The molecule has 2 aromatic rings. The minimum absolute atomic E-state index is 0.0809. The zero-order chi connectivity index (χ0) is 15.9. The van der Waals surface area contributed by atoms with Gasteiger partial charge in [0.25, 0.3) is 0 Å². The molecule has 0 radical (unpaired) electrons. The van der Waals surface area contributed by atoms with Gasteiger partial charge in [-0.1, -0.05) is 62.9 Å². The van der Waals surface area contributed by atoms with Gasteiger partial charge in [-0.3, -0.25) is 4.79 Å². The van der Waals surface area contributed by atoms with E-state index in [1.54, 1.807) is 6.92 Å². The number of ketones is 1. The molecule has 118 valence electrons. The normalized spacial score (nSPS) is 10.9. The predicted octanol–water partition coefficient (Wildman–Crippen LogP) is 5.97. The Morgan fingerprint density at radius 2 is 1.73 bits per heavy atom. The van der Waals surface area contributed by atoms with Crippen LogP contribution in [-0.2, 0) is 6.42 Å². The number of rotatable bonds is 8. The second-order valence-corrected chi connectivity index (χ2v) is 5.92. The number of carbonyl (C=O) groups excluding carboxylic acids is 1. The fraction of sp³-hybridized carbons (Fsp3) is 0.450. The highest BCUT2D eigenvalue weighted by Crippen LogP contribution is 2.34. The second kappa shape index (κ2) is 7.98. The first kappa shape index (κ1) is 16.5. The first-order chi connectivity index (χ1) is 10.6. The zero-order valence-electron chi connectivity index (χ0n) is 13.9. The zero-order valence-corrected chi connectivity index (χ0v) is 13.9. The summed E-state index contributed by atoms with van der Waals surface area (Å²) in [6, 6.07) is 10.1. The van der Waals surface area contributed by atoms with Crippen molar-refractivity contribution in [2.45, 2.75) is 59.3 Å². The molecule has 2 rings (SSSR count). The van der Waals surface area contributed by atoms with Crippen LogP contribution in [0.1, 0.15) is 67.8 Å². The van der Waals surface area contributed by atoms with Crippen molar-refractivity contribution in [2.75, 3.05) is 0 Å². The molecule has 1 aromatic heterocycles. The topological polar surface area (TPSA) is 30.2 Å². The summed E-state index contributed by atoms with van der Waals surface area (Å²) >= 11 is 0. The Kier molecular flexibility index (Phi) is 6.00. The average Bonchev–Trinajstić information content (AvgIpc) is 2.84. The molecule has 0 saturated carbocycles. The van der Waals surface area contributed by atoms with E-state index in [4.69, 9.17) is 4.42 Å². The molecule has 1 aromatic carbocycles. The number of unbranched alkanes of at least 4 members (excludes halogenated alkanes) is 4. The van der Waals surface area contributed by atoms with Crippen LogP contribution in [0.5, 0.6) is 0 Å². The summed E-state index contributed by atoms with van der Waals surface area (Å²) in [6.07, 6.45) is 7.06. The Morgan fingerprint density at radius 3 is 2.36 bits per heavy atom. The van der Waals surface area contributed by atoms with Crippen LogP contribution < -0.4 is 0 Å². The first-order valence-electron chi connectivity index (χ1n) is 8.33. The molecule has 2 nitrogen and oxygen atoms in total. The number of hydrogen-bond donors (Lipinski definition) is 0.